The van der Waals surface area contributed by atoms with Crippen molar-refractivity contribution < 1.29 is 27.9 Å². The number of thiophene rings is 1. The Hall–Kier alpha value is -3.14. The number of rotatable bonds is 5. The van der Waals surface area contributed by atoms with Crippen molar-refractivity contribution in [3.8, 4) is 11.8 Å². The quantitative estimate of drug-likeness (QED) is 0.593. The zero-order valence-corrected chi connectivity index (χ0v) is 19.3. The third kappa shape index (κ3) is 4.55. The molecule has 1 aromatic heterocycles. The van der Waals surface area contributed by atoms with Crippen LogP contribution in [0.15, 0.2) is 23.1 Å². The molecular formula is C20H22N4O6S2. The van der Waals surface area contributed by atoms with E-state index in [1.807, 2.05) is 13.8 Å². The van der Waals surface area contributed by atoms with E-state index >= 15 is 0 Å². The maximum absolute atomic E-state index is 12.6. The Morgan fingerprint density at radius 3 is 2.66 bits per heavy atom. The van der Waals surface area contributed by atoms with Crippen LogP contribution >= 0.6 is 11.3 Å². The van der Waals surface area contributed by atoms with Crippen LogP contribution in [0.2, 0.25) is 0 Å². The molecule has 10 nitrogen and oxygen atoms in total. The van der Waals surface area contributed by atoms with Crippen LogP contribution < -0.4 is 15.2 Å². The minimum Gasteiger partial charge on any atom is -0.495 e. The fraction of sp³-hybridized carbons (Fsp3) is 0.350. The molecule has 4 N–H and O–H groups in total. The third-order valence-corrected chi connectivity index (χ3v) is 7.32. The molecule has 2 amide bonds. The minimum atomic E-state index is -3.98. The van der Waals surface area contributed by atoms with Gasteiger partial charge in [0.15, 0.2) is 0 Å². The van der Waals surface area contributed by atoms with Crippen LogP contribution in [0.1, 0.15) is 35.4 Å². The molecule has 0 saturated carbocycles. The molecule has 1 aliphatic rings. The first-order chi connectivity index (χ1) is 14.9. The lowest BCUT2D eigenvalue weighted by molar-refractivity contribution is -0.115. The number of nitrogens with two attached hydrogens (primary N) is 1. The van der Waals surface area contributed by atoms with E-state index in [0.29, 0.717) is 22.5 Å². The van der Waals surface area contributed by atoms with Gasteiger partial charge in [0, 0.05) is 22.4 Å². The number of carbonyl (C=O) groups is 2. The molecule has 3 rings (SSSR count). The van der Waals surface area contributed by atoms with Crippen molar-refractivity contribution in [1.29, 1.82) is 5.26 Å². The number of carbonyl (C=O) groups excluding carboxylic acids is 1. The van der Waals surface area contributed by atoms with Crippen molar-refractivity contribution in [3.05, 3.63) is 39.8 Å². The number of nitriles is 1. The topological polar surface area (TPSA) is 163 Å². The molecule has 170 valence electrons. The Labute approximate surface area is 189 Å². The van der Waals surface area contributed by atoms with E-state index < -0.39 is 27.6 Å². The summed E-state index contributed by atoms with van der Waals surface area (Å²) in [6, 6.07) is 6.22. The average molecular weight is 479 g/mol. The number of methoxy groups -OCH3 is 1. The number of primary sulfonamides is 1. The highest BCUT2D eigenvalue weighted by Crippen LogP contribution is 2.41. The summed E-state index contributed by atoms with van der Waals surface area (Å²) < 4.78 is 28.3. The molecule has 32 heavy (non-hydrogen) atoms. The molecule has 0 unspecified atom stereocenters. The van der Waals surface area contributed by atoms with Crippen LogP contribution in [0, 0.1) is 11.3 Å². The number of fused-ring (bicyclic) bond motifs is 1. The normalized spacial score (nSPS) is 14.9. The van der Waals surface area contributed by atoms with E-state index in [4.69, 9.17) is 9.88 Å². The summed E-state index contributed by atoms with van der Waals surface area (Å²) in [4.78, 5) is 26.2. The van der Waals surface area contributed by atoms with E-state index in [1.54, 1.807) is 0 Å². The van der Waals surface area contributed by atoms with Crippen LogP contribution in [0.5, 0.6) is 5.75 Å². The van der Waals surface area contributed by atoms with Crippen LogP contribution in [0.25, 0.3) is 0 Å². The van der Waals surface area contributed by atoms with Gasteiger partial charge in [-0.25, -0.2) is 18.4 Å². The zero-order valence-electron chi connectivity index (χ0n) is 17.6. The lowest BCUT2D eigenvalue weighted by Gasteiger charge is -2.40. The Balaban J connectivity index is 1.84. The van der Waals surface area contributed by atoms with Gasteiger partial charge in [-0.2, -0.15) is 5.26 Å². The fourth-order valence-corrected chi connectivity index (χ4v) is 5.71. The number of nitrogens with one attached hydrogen (secondary N) is 1. The van der Waals surface area contributed by atoms with Gasteiger partial charge in [0.25, 0.3) is 0 Å². The van der Waals surface area contributed by atoms with E-state index in [1.165, 1.54) is 41.5 Å². The number of amides is 2. The molecule has 1 aliphatic heterocycles. The van der Waals surface area contributed by atoms with Crippen molar-refractivity contribution in [2.45, 2.75) is 43.7 Å². The van der Waals surface area contributed by atoms with Crippen molar-refractivity contribution in [2.24, 2.45) is 5.14 Å². The molecular weight excluding hydrogens is 456 g/mol. The largest absolute Gasteiger partial charge is 0.495 e. The van der Waals surface area contributed by atoms with Gasteiger partial charge in [-0.3, -0.25) is 9.69 Å². The molecule has 0 saturated heterocycles. The second-order valence-electron chi connectivity index (χ2n) is 7.93. The van der Waals surface area contributed by atoms with Gasteiger partial charge in [0.2, 0.25) is 15.9 Å². The second kappa shape index (κ2) is 8.42. The summed E-state index contributed by atoms with van der Waals surface area (Å²) in [5.41, 5.74) is 0.708. The summed E-state index contributed by atoms with van der Waals surface area (Å²) in [5.74, 6) is -0.391. The highest BCUT2D eigenvalue weighted by molar-refractivity contribution is 7.89. The minimum absolute atomic E-state index is 0.0260. The lowest BCUT2D eigenvalue weighted by Crippen LogP contribution is -2.50. The number of hydrogen-bond acceptors (Lipinski definition) is 7. The number of benzene rings is 1. The zero-order chi connectivity index (χ0) is 23.8. The predicted octanol–water partition coefficient (Wildman–Crippen LogP) is 2.27. The number of nitrogens with zero attached hydrogens (tertiary/aromatic N) is 2. The monoisotopic (exact) mass is 478 g/mol. The Morgan fingerprint density at radius 2 is 2.09 bits per heavy atom. The standard InChI is InChI=1S/C20H22N4O6S2/c1-20(2)8-15-13(10-24(20)19(26)27)12(9-21)18(31-15)23-17(25)7-11-4-5-16(32(22,28)29)14(6-11)30-3/h4-6H,7-8,10H2,1-3H3,(H,23,25)(H,26,27)(H2,22,28,29). The third-order valence-electron chi connectivity index (χ3n) is 5.23. The van der Waals surface area contributed by atoms with Crippen LogP contribution in [-0.4, -0.2) is 43.1 Å². The van der Waals surface area contributed by atoms with E-state index in [2.05, 4.69) is 11.4 Å². The number of carboxylic acid groups (broad SMARTS) is 1. The van der Waals surface area contributed by atoms with Gasteiger partial charge in [0.1, 0.15) is 21.7 Å². The number of sulfonamides is 1. The predicted molar refractivity (Wildman–Crippen MR) is 117 cm³/mol. The molecule has 0 atom stereocenters. The summed E-state index contributed by atoms with van der Waals surface area (Å²) in [6.07, 6.45) is -0.740. The molecule has 0 fully saturated rings. The van der Waals surface area contributed by atoms with Gasteiger partial charge in [0.05, 0.1) is 25.6 Å². The molecule has 0 bridgehead atoms. The van der Waals surface area contributed by atoms with Crippen molar-refractivity contribution in [3.63, 3.8) is 0 Å². The summed E-state index contributed by atoms with van der Waals surface area (Å²) in [6.45, 7) is 3.69. The number of ether oxygens (including phenoxy) is 1. The van der Waals surface area contributed by atoms with Crippen molar-refractivity contribution >= 4 is 38.4 Å². The molecule has 12 heteroatoms. The van der Waals surface area contributed by atoms with Gasteiger partial charge in [-0.1, -0.05) is 6.07 Å². The molecule has 1 aromatic carbocycles. The Kier molecular flexibility index (Phi) is 6.19. The van der Waals surface area contributed by atoms with Gasteiger partial charge in [-0.15, -0.1) is 11.3 Å². The average Bonchev–Trinajstić information content (AvgIpc) is 3.00. The molecule has 2 aromatic rings. The summed E-state index contributed by atoms with van der Waals surface area (Å²) in [7, 11) is -2.68. The smallest absolute Gasteiger partial charge is 0.408 e. The number of hydrogen-bond donors (Lipinski definition) is 3. The van der Waals surface area contributed by atoms with Crippen LogP contribution in [0.3, 0.4) is 0 Å². The lowest BCUT2D eigenvalue weighted by atomic mass is 9.90. The molecule has 0 radical (unpaired) electrons. The van der Waals surface area contributed by atoms with E-state index in [9.17, 15) is 28.4 Å². The number of anilines is 1. The summed E-state index contributed by atoms with van der Waals surface area (Å²) >= 11 is 1.26. The van der Waals surface area contributed by atoms with Gasteiger partial charge >= 0.3 is 6.09 Å². The molecule has 2 heterocycles. The highest BCUT2D eigenvalue weighted by Gasteiger charge is 2.39. The van der Waals surface area contributed by atoms with Crippen molar-refractivity contribution in [1.82, 2.24) is 4.90 Å². The Bertz CT molecular complexity index is 1240. The SMILES string of the molecule is COc1cc(CC(=O)Nc2sc3c(c2C#N)CN(C(=O)O)C(C)(C)C3)ccc1S(N)(=O)=O. The van der Waals surface area contributed by atoms with Crippen molar-refractivity contribution in [2.75, 3.05) is 12.4 Å². The molecule has 0 spiro atoms. The Morgan fingerprint density at radius 1 is 1.41 bits per heavy atom. The second-order valence-corrected chi connectivity index (χ2v) is 10.6. The van der Waals surface area contributed by atoms with Gasteiger partial charge < -0.3 is 15.2 Å². The van der Waals surface area contributed by atoms with E-state index in [-0.39, 0.29) is 29.2 Å². The molecule has 0 aliphatic carbocycles. The maximum Gasteiger partial charge on any atom is 0.408 e. The van der Waals surface area contributed by atoms with Crippen LogP contribution in [0.4, 0.5) is 9.80 Å². The highest BCUT2D eigenvalue weighted by atomic mass is 32.2. The fourth-order valence-electron chi connectivity index (χ4n) is 3.63. The first-order valence-electron chi connectivity index (χ1n) is 9.42. The first kappa shape index (κ1) is 23.5. The van der Waals surface area contributed by atoms with Gasteiger partial charge in [-0.05, 0) is 31.5 Å². The summed E-state index contributed by atoms with van der Waals surface area (Å²) in [5, 5.41) is 27.4. The maximum atomic E-state index is 12.6. The first-order valence-corrected chi connectivity index (χ1v) is 11.8. The van der Waals surface area contributed by atoms with E-state index in [0.717, 1.165) is 4.88 Å². The van der Waals surface area contributed by atoms with Crippen LogP contribution in [-0.2, 0) is 34.2 Å².